The average molecular weight is 232 g/mol. The van der Waals surface area contributed by atoms with E-state index in [4.69, 9.17) is 5.41 Å². The van der Waals surface area contributed by atoms with Gasteiger partial charge in [-0.25, -0.2) is 0 Å². The van der Waals surface area contributed by atoms with Gasteiger partial charge in [-0.1, -0.05) is 0 Å². The third-order valence-electron chi connectivity index (χ3n) is 1.89. The number of alkyl halides is 3. The SMILES string of the molecule is CC(=N)c1cc([N+](=O)[O-])cc(C(F)(F)F)c1. The summed E-state index contributed by atoms with van der Waals surface area (Å²) in [5.41, 5.74) is -2.06. The molecule has 0 amide bonds. The summed E-state index contributed by atoms with van der Waals surface area (Å²) in [5, 5.41) is 17.6. The van der Waals surface area contributed by atoms with Gasteiger partial charge in [-0.2, -0.15) is 13.2 Å². The molecule has 0 aliphatic rings. The van der Waals surface area contributed by atoms with Crippen molar-refractivity contribution in [1.82, 2.24) is 0 Å². The average Bonchev–Trinajstić information content (AvgIpc) is 2.15. The van der Waals surface area contributed by atoms with E-state index in [-0.39, 0.29) is 11.3 Å². The number of benzene rings is 1. The summed E-state index contributed by atoms with van der Waals surface area (Å²) in [7, 11) is 0. The van der Waals surface area contributed by atoms with E-state index in [1.54, 1.807) is 0 Å². The van der Waals surface area contributed by atoms with Gasteiger partial charge in [0.2, 0.25) is 0 Å². The number of halogens is 3. The minimum absolute atomic E-state index is 0.110. The molecular weight excluding hydrogens is 225 g/mol. The lowest BCUT2D eigenvalue weighted by molar-refractivity contribution is -0.385. The molecule has 86 valence electrons. The quantitative estimate of drug-likeness (QED) is 0.483. The summed E-state index contributed by atoms with van der Waals surface area (Å²) in [6.07, 6.45) is -4.66. The fraction of sp³-hybridized carbons (Fsp3) is 0.222. The van der Waals surface area contributed by atoms with Gasteiger partial charge in [-0.15, -0.1) is 0 Å². The Bertz CT molecular complexity index is 422. The Morgan fingerprint density at radius 2 is 1.94 bits per heavy atom. The van der Waals surface area contributed by atoms with Crippen LogP contribution >= 0.6 is 0 Å². The standard InChI is InChI=1S/C9H7F3N2O2/c1-5(13)6-2-7(9(10,11)12)4-8(3-6)14(15)16/h2-4,13H,1H3. The number of nitrogens with one attached hydrogen (secondary N) is 1. The van der Waals surface area contributed by atoms with Crippen LogP contribution in [-0.2, 0) is 6.18 Å². The van der Waals surface area contributed by atoms with Crippen LogP contribution < -0.4 is 0 Å². The molecular formula is C9H7F3N2O2. The van der Waals surface area contributed by atoms with E-state index >= 15 is 0 Å². The van der Waals surface area contributed by atoms with Crippen LogP contribution in [0, 0.1) is 15.5 Å². The zero-order valence-corrected chi connectivity index (χ0v) is 8.13. The highest BCUT2D eigenvalue weighted by atomic mass is 19.4. The first-order chi connectivity index (χ1) is 7.21. The molecule has 0 spiro atoms. The molecule has 7 heteroatoms. The van der Waals surface area contributed by atoms with Crippen molar-refractivity contribution < 1.29 is 18.1 Å². The summed E-state index contributed by atoms with van der Waals surface area (Å²) in [6, 6.07) is 2.11. The highest BCUT2D eigenvalue weighted by Crippen LogP contribution is 2.32. The van der Waals surface area contributed by atoms with Crippen LogP contribution in [0.5, 0.6) is 0 Å². The van der Waals surface area contributed by atoms with Crippen LogP contribution in [0.15, 0.2) is 18.2 Å². The fourth-order valence-corrected chi connectivity index (χ4v) is 1.10. The molecule has 1 N–H and O–H groups in total. The van der Waals surface area contributed by atoms with Gasteiger partial charge in [0.25, 0.3) is 5.69 Å². The monoisotopic (exact) mass is 232 g/mol. The minimum Gasteiger partial charge on any atom is -0.305 e. The third kappa shape index (κ3) is 2.56. The molecule has 0 fully saturated rings. The molecule has 0 bridgehead atoms. The Kier molecular flexibility index (Phi) is 2.97. The first-order valence-corrected chi connectivity index (χ1v) is 4.14. The van der Waals surface area contributed by atoms with Gasteiger partial charge >= 0.3 is 6.18 Å². The number of nitro groups is 1. The largest absolute Gasteiger partial charge is 0.416 e. The predicted molar refractivity (Wildman–Crippen MR) is 50.6 cm³/mol. The highest BCUT2D eigenvalue weighted by Gasteiger charge is 2.32. The van der Waals surface area contributed by atoms with Crippen molar-refractivity contribution in [3.8, 4) is 0 Å². The number of hydrogen-bond acceptors (Lipinski definition) is 3. The molecule has 0 aliphatic carbocycles. The molecule has 4 nitrogen and oxygen atoms in total. The van der Waals surface area contributed by atoms with Gasteiger partial charge in [0, 0.05) is 23.4 Å². The Labute approximate surface area is 88.4 Å². The van der Waals surface area contributed by atoms with Crippen LogP contribution in [0.3, 0.4) is 0 Å². The lowest BCUT2D eigenvalue weighted by Crippen LogP contribution is -2.08. The van der Waals surface area contributed by atoms with Crippen LogP contribution in [0.2, 0.25) is 0 Å². The van der Waals surface area contributed by atoms with Crippen molar-refractivity contribution in [3.05, 3.63) is 39.4 Å². The molecule has 0 unspecified atom stereocenters. The number of nitrogens with zero attached hydrogens (tertiary/aromatic N) is 1. The zero-order valence-electron chi connectivity index (χ0n) is 8.13. The lowest BCUT2D eigenvalue weighted by atomic mass is 10.1. The predicted octanol–water partition coefficient (Wildman–Crippen LogP) is 3.00. The highest BCUT2D eigenvalue weighted by molar-refractivity contribution is 5.97. The number of hydrogen-bond donors (Lipinski definition) is 1. The normalized spacial score (nSPS) is 11.2. The topological polar surface area (TPSA) is 67.0 Å². The molecule has 1 aromatic carbocycles. The molecule has 0 aromatic heterocycles. The molecule has 0 atom stereocenters. The Morgan fingerprint density at radius 1 is 1.38 bits per heavy atom. The molecule has 0 aliphatic heterocycles. The summed E-state index contributed by atoms with van der Waals surface area (Å²) in [5.74, 6) is 0. The number of nitro benzene ring substituents is 1. The molecule has 0 saturated carbocycles. The van der Waals surface area contributed by atoms with Crippen LogP contribution in [0.1, 0.15) is 18.1 Å². The van der Waals surface area contributed by atoms with Crippen molar-refractivity contribution >= 4 is 11.4 Å². The fourth-order valence-electron chi connectivity index (χ4n) is 1.10. The van der Waals surface area contributed by atoms with Crippen molar-refractivity contribution in [3.63, 3.8) is 0 Å². The van der Waals surface area contributed by atoms with Crippen LogP contribution in [0.4, 0.5) is 18.9 Å². The van der Waals surface area contributed by atoms with Gasteiger partial charge < -0.3 is 5.41 Å². The summed E-state index contributed by atoms with van der Waals surface area (Å²) in [6.45, 7) is 1.26. The van der Waals surface area contributed by atoms with E-state index in [0.29, 0.717) is 6.07 Å². The molecule has 1 rings (SSSR count). The maximum absolute atomic E-state index is 12.4. The van der Waals surface area contributed by atoms with Gasteiger partial charge in [0.05, 0.1) is 10.5 Å². The van der Waals surface area contributed by atoms with E-state index in [1.165, 1.54) is 6.92 Å². The lowest BCUT2D eigenvalue weighted by Gasteiger charge is -2.08. The van der Waals surface area contributed by atoms with E-state index in [1.807, 2.05) is 0 Å². The molecule has 0 heterocycles. The Balaban J connectivity index is 3.42. The first-order valence-electron chi connectivity index (χ1n) is 4.14. The number of rotatable bonds is 2. The van der Waals surface area contributed by atoms with Gasteiger partial charge in [-0.05, 0) is 13.0 Å². The third-order valence-corrected chi connectivity index (χ3v) is 1.89. The molecule has 0 radical (unpaired) electrons. The van der Waals surface area contributed by atoms with Gasteiger partial charge in [-0.3, -0.25) is 10.1 Å². The second-order valence-corrected chi connectivity index (χ2v) is 3.15. The molecule has 1 aromatic rings. The second-order valence-electron chi connectivity index (χ2n) is 3.15. The Morgan fingerprint density at radius 3 is 2.31 bits per heavy atom. The van der Waals surface area contributed by atoms with E-state index in [2.05, 4.69) is 0 Å². The van der Waals surface area contributed by atoms with Crippen molar-refractivity contribution in [1.29, 1.82) is 5.41 Å². The zero-order chi connectivity index (χ0) is 12.5. The minimum atomic E-state index is -4.66. The van der Waals surface area contributed by atoms with Crippen molar-refractivity contribution in [2.45, 2.75) is 13.1 Å². The van der Waals surface area contributed by atoms with E-state index in [9.17, 15) is 23.3 Å². The van der Waals surface area contributed by atoms with Gasteiger partial charge in [0.1, 0.15) is 0 Å². The summed E-state index contributed by atoms with van der Waals surface area (Å²) < 4.78 is 37.1. The molecule has 0 saturated heterocycles. The van der Waals surface area contributed by atoms with Gasteiger partial charge in [0.15, 0.2) is 0 Å². The van der Waals surface area contributed by atoms with Crippen molar-refractivity contribution in [2.75, 3.05) is 0 Å². The van der Waals surface area contributed by atoms with E-state index < -0.39 is 22.4 Å². The summed E-state index contributed by atoms with van der Waals surface area (Å²) >= 11 is 0. The first kappa shape index (κ1) is 12.2. The summed E-state index contributed by atoms with van der Waals surface area (Å²) in [4.78, 5) is 9.51. The maximum Gasteiger partial charge on any atom is 0.416 e. The number of non-ortho nitro benzene ring substituents is 1. The maximum atomic E-state index is 12.4. The van der Waals surface area contributed by atoms with Crippen LogP contribution in [-0.4, -0.2) is 10.6 Å². The van der Waals surface area contributed by atoms with Crippen LogP contribution in [0.25, 0.3) is 0 Å². The Hall–Kier alpha value is -1.92. The molecule has 16 heavy (non-hydrogen) atoms. The second kappa shape index (κ2) is 3.92. The smallest absolute Gasteiger partial charge is 0.305 e. The van der Waals surface area contributed by atoms with Crippen molar-refractivity contribution in [2.24, 2.45) is 0 Å². The van der Waals surface area contributed by atoms with E-state index in [0.717, 1.165) is 12.1 Å².